The maximum Gasteiger partial charge on any atom is 0.408 e. The summed E-state index contributed by atoms with van der Waals surface area (Å²) >= 11 is 0. The lowest BCUT2D eigenvalue weighted by Gasteiger charge is -2.20. The molecule has 5 rings (SSSR count). The monoisotopic (exact) mass is 415 g/mol. The maximum atomic E-state index is 13.3. The molecule has 1 atom stereocenters. The first-order valence-corrected chi connectivity index (χ1v) is 9.38. The molecule has 154 valence electrons. The van der Waals surface area contributed by atoms with Crippen LogP contribution in [-0.2, 0) is 0 Å². The van der Waals surface area contributed by atoms with Gasteiger partial charge in [-0.2, -0.15) is 13.2 Å². The van der Waals surface area contributed by atoms with E-state index < -0.39 is 24.0 Å². The lowest BCUT2D eigenvalue weighted by Crippen LogP contribution is -2.47. The number of amides is 1. The summed E-state index contributed by atoms with van der Waals surface area (Å²) in [4.78, 5) is 25.4. The Labute approximate surface area is 167 Å². The van der Waals surface area contributed by atoms with Gasteiger partial charge in [0.2, 0.25) is 0 Å². The number of hydrogen-bond acceptors (Lipinski definition) is 5. The van der Waals surface area contributed by atoms with Gasteiger partial charge in [-0.1, -0.05) is 6.07 Å². The van der Waals surface area contributed by atoms with Crippen LogP contribution in [0.25, 0.3) is 28.0 Å². The highest BCUT2D eigenvalue weighted by Crippen LogP contribution is 2.40. The summed E-state index contributed by atoms with van der Waals surface area (Å²) in [6.45, 7) is 1.80. The Kier molecular flexibility index (Phi) is 4.05. The highest BCUT2D eigenvalue weighted by Gasteiger charge is 2.50. The van der Waals surface area contributed by atoms with Gasteiger partial charge in [0.15, 0.2) is 23.3 Å². The van der Waals surface area contributed by atoms with E-state index in [4.69, 9.17) is 4.42 Å². The summed E-state index contributed by atoms with van der Waals surface area (Å²) in [6, 6.07) is 5.30. The molecule has 1 fully saturated rings. The van der Waals surface area contributed by atoms with Crippen LogP contribution >= 0.6 is 0 Å². The SMILES string of the molecule is Cc1cc(-c2cccc3ncoc23)nc2c(C(=O)NC(C3CC3)C(F)(F)F)ncn12. The normalized spacial score (nSPS) is 15.6. The average Bonchev–Trinajstić information content (AvgIpc) is 3.23. The Morgan fingerprint density at radius 1 is 1.30 bits per heavy atom. The zero-order valence-corrected chi connectivity index (χ0v) is 15.8. The molecule has 0 aliphatic heterocycles. The number of imidazole rings is 1. The number of benzene rings is 1. The van der Waals surface area contributed by atoms with Gasteiger partial charge < -0.3 is 9.73 Å². The largest absolute Gasteiger partial charge is 0.443 e. The van der Waals surface area contributed by atoms with Gasteiger partial charge in [0.25, 0.3) is 5.91 Å². The van der Waals surface area contributed by atoms with E-state index in [1.165, 1.54) is 12.7 Å². The fourth-order valence-corrected chi connectivity index (χ4v) is 3.61. The molecule has 0 radical (unpaired) electrons. The van der Waals surface area contributed by atoms with Crippen LogP contribution in [0.3, 0.4) is 0 Å². The second-order valence-electron chi connectivity index (χ2n) is 7.41. The van der Waals surface area contributed by atoms with E-state index in [0.717, 1.165) is 0 Å². The van der Waals surface area contributed by atoms with Gasteiger partial charge in [0.05, 0.1) is 5.69 Å². The van der Waals surface area contributed by atoms with Crippen molar-refractivity contribution >= 4 is 22.7 Å². The van der Waals surface area contributed by atoms with E-state index in [-0.39, 0.29) is 11.3 Å². The second kappa shape index (κ2) is 6.54. The molecule has 3 aromatic heterocycles. The van der Waals surface area contributed by atoms with Gasteiger partial charge in [0, 0.05) is 11.3 Å². The molecular weight excluding hydrogens is 399 g/mol. The molecule has 1 unspecified atom stereocenters. The minimum absolute atomic E-state index is 0.153. The molecule has 0 spiro atoms. The highest BCUT2D eigenvalue weighted by atomic mass is 19.4. The van der Waals surface area contributed by atoms with Crippen molar-refractivity contribution in [1.29, 1.82) is 0 Å². The third-order valence-electron chi connectivity index (χ3n) is 5.27. The number of carbonyl (C=O) groups is 1. The number of nitrogens with zero attached hydrogens (tertiary/aromatic N) is 4. The van der Waals surface area contributed by atoms with Gasteiger partial charge >= 0.3 is 6.18 Å². The van der Waals surface area contributed by atoms with Crippen molar-refractivity contribution in [2.45, 2.75) is 32.0 Å². The van der Waals surface area contributed by atoms with Crippen LogP contribution in [0.4, 0.5) is 13.2 Å². The third kappa shape index (κ3) is 3.08. The van der Waals surface area contributed by atoms with Crippen molar-refractivity contribution in [3.05, 3.63) is 48.4 Å². The summed E-state index contributed by atoms with van der Waals surface area (Å²) in [5.74, 6) is -1.48. The topological polar surface area (TPSA) is 85.3 Å². The molecule has 30 heavy (non-hydrogen) atoms. The molecule has 0 saturated heterocycles. The number of fused-ring (bicyclic) bond motifs is 2. The lowest BCUT2D eigenvalue weighted by molar-refractivity contribution is -0.158. The molecule has 1 aromatic carbocycles. The number of halogens is 3. The maximum absolute atomic E-state index is 13.3. The van der Waals surface area contributed by atoms with Crippen LogP contribution in [0.5, 0.6) is 0 Å². The Morgan fingerprint density at radius 3 is 2.83 bits per heavy atom. The number of aryl methyl sites for hydroxylation is 1. The summed E-state index contributed by atoms with van der Waals surface area (Å²) in [7, 11) is 0. The van der Waals surface area contributed by atoms with E-state index >= 15 is 0 Å². The van der Waals surface area contributed by atoms with Gasteiger partial charge in [-0.05, 0) is 43.9 Å². The summed E-state index contributed by atoms with van der Waals surface area (Å²) < 4.78 is 47.0. The first-order chi connectivity index (χ1) is 14.3. The number of hydrogen-bond donors (Lipinski definition) is 1. The van der Waals surface area contributed by atoms with Gasteiger partial charge in [0.1, 0.15) is 17.9 Å². The molecular formula is C20H16F3N5O2. The van der Waals surface area contributed by atoms with Crippen LogP contribution in [0, 0.1) is 12.8 Å². The Bertz CT molecular complexity index is 1270. The Morgan fingerprint density at radius 2 is 2.10 bits per heavy atom. The van der Waals surface area contributed by atoms with Gasteiger partial charge in [-0.25, -0.2) is 15.0 Å². The zero-order valence-electron chi connectivity index (χ0n) is 15.8. The highest BCUT2D eigenvalue weighted by molar-refractivity contribution is 5.99. The van der Waals surface area contributed by atoms with Crippen molar-refractivity contribution in [1.82, 2.24) is 24.7 Å². The van der Waals surface area contributed by atoms with Crippen molar-refractivity contribution in [2.24, 2.45) is 5.92 Å². The van der Waals surface area contributed by atoms with Crippen LogP contribution in [0.2, 0.25) is 0 Å². The minimum atomic E-state index is -4.51. The predicted molar refractivity (Wildman–Crippen MR) is 101 cm³/mol. The molecule has 7 nitrogen and oxygen atoms in total. The number of carbonyl (C=O) groups excluding carboxylic acids is 1. The molecule has 3 heterocycles. The molecule has 0 bridgehead atoms. The zero-order chi connectivity index (χ0) is 21.0. The van der Waals surface area contributed by atoms with E-state index in [1.807, 2.05) is 0 Å². The first-order valence-electron chi connectivity index (χ1n) is 9.38. The smallest absolute Gasteiger partial charge is 0.408 e. The average molecular weight is 415 g/mol. The van der Waals surface area contributed by atoms with Crippen molar-refractivity contribution in [3.8, 4) is 11.3 Å². The number of para-hydroxylation sites is 1. The number of alkyl halides is 3. The molecule has 1 aliphatic carbocycles. The second-order valence-corrected chi connectivity index (χ2v) is 7.41. The van der Waals surface area contributed by atoms with E-state index in [9.17, 15) is 18.0 Å². The minimum Gasteiger partial charge on any atom is -0.443 e. The molecule has 1 N–H and O–H groups in total. The van der Waals surface area contributed by atoms with Gasteiger partial charge in [-0.3, -0.25) is 9.20 Å². The lowest BCUT2D eigenvalue weighted by atomic mass is 10.1. The van der Waals surface area contributed by atoms with E-state index in [2.05, 4.69) is 20.3 Å². The molecule has 4 aromatic rings. The molecule has 1 amide bonds. The fraction of sp³-hybridized carbons (Fsp3) is 0.300. The number of nitrogens with one attached hydrogen (secondary N) is 1. The van der Waals surface area contributed by atoms with Crippen molar-refractivity contribution in [2.75, 3.05) is 0 Å². The first kappa shape index (κ1) is 18.6. The molecule has 10 heteroatoms. The van der Waals surface area contributed by atoms with Gasteiger partial charge in [-0.15, -0.1) is 0 Å². The van der Waals surface area contributed by atoms with Crippen molar-refractivity contribution in [3.63, 3.8) is 0 Å². The molecule has 1 aliphatic rings. The standard InChI is InChI=1S/C20H16F3N5O2/c1-10-7-14(12-3-2-4-13-16(12)30-9-25-13)26-18-15(24-8-28(10)18)19(29)27-17(11-5-6-11)20(21,22)23/h2-4,7-9,11,17H,5-6H2,1H3,(H,27,29). The molecule has 1 saturated carbocycles. The van der Waals surface area contributed by atoms with E-state index in [0.29, 0.717) is 40.9 Å². The summed E-state index contributed by atoms with van der Waals surface area (Å²) in [5.41, 5.74) is 3.09. The van der Waals surface area contributed by atoms with Crippen LogP contribution < -0.4 is 5.32 Å². The Balaban J connectivity index is 1.57. The van der Waals surface area contributed by atoms with Crippen molar-refractivity contribution < 1.29 is 22.4 Å². The van der Waals surface area contributed by atoms with E-state index in [1.54, 1.807) is 35.6 Å². The van der Waals surface area contributed by atoms with Crippen LogP contribution in [0.1, 0.15) is 29.0 Å². The fourth-order valence-electron chi connectivity index (χ4n) is 3.61. The summed E-state index contributed by atoms with van der Waals surface area (Å²) in [6.07, 6.45) is -0.922. The third-order valence-corrected chi connectivity index (χ3v) is 5.27. The van der Waals surface area contributed by atoms with Crippen LogP contribution in [0.15, 0.2) is 41.4 Å². The Hall–Kier alpha value is -3.43. The van der Waals surface area contributed by atoms with Crippen LogP contribution in [-0.4, -0.2) is 37.5 Å². The summed E-state index contributed by atoms with van der Waals surface area (Å²) in [5, 5.41) is 2.11. The number of oxazole rings is 1. The quantitative estimate of drug-likeness (QED) is 0.546. The number of rotatable bonds is 4. The predicted octanol–water partition coefficient (Wildman–Crippen LogP) is 3.92. The number of aromatic nitrogens is 4.